The molecule has 0 atom stereocenters. The standard InChI is InChI=1S/C7H13FN2O2S/c8-13(11,12)10-7-5-3-1-2-4-6-9/h10H,1-5,7H2. The van der Waals surface area contributed by atoms with E-state index in [-0.39, 0.29) is 6.54 Å². The van der Waals surface area contributed by atoms with Gasteiger partial charge in [-0.05, 0) is 12.8 Å². The highest BCUT2D eigenvalue weighted by molar-refractivity contribution is 7.84. The molecular formula is C7H13FN2O2S. The molecule has 13 heavy (non-hydrogen) atoms. The predicted octanol–water partition coefficient (Wildman–Crippen LogP) is 1.26. The molecule has 0 fully saturated rings. The van der Waals surface area contributed by atoms with E-state index in [4.69, 9.17) is 5.26 Å². The van der Waals surface area contributed by atoms with Gasteiger partial charge in [-0.15, -0.1) is 0 Å². The molecule has 0 heterocycles. The first kappa shape index (κ1) is 12.3. The molecule has 0 aromatic rings. The summed E-state index contributed by atoms with van der Waals surface area (Å²) in [5.41, 5.74) is 0. The van der Waals surface area contributed by atoms with E-state index in [0.717, 1.165) is 19.3 Å². The van der Waals surface area contributed by atoms with Crippen molar-refractivity contribution in [3.63, 3.8) is 0 Å². The Labute approximate surface area is 78.1 Å². The van der Waals surface area contributed by atoms with Gasteiger partial charge in [-0.2, -0.15) is 18.4 Å². The molecule has 0 aliphatic rings. The first-order valence-electron chi connectivity index (χ1n) is 4.12. The molecule has 0 spiro atoms. The zero-order valence-corrected chi connectivity index (χ0v) is 8.11. The Kier molecular flexibility index (Phi) is 6.45. The Bertz CT molecular complexity index is 258. The topological polar surface area (TPSA) is 70.0 Å². The van der Waals surface area contributed by atoms with Crippen LogP contribution in [-0.4, -0.2) is 15.0 Å². The summed E-state index contributed by atoms with van der Waals surface area (Å²) in [4.78, 5) is 0. The number of halogens is 1. The van der Waals surface area contributed by atoms with Gasteiger partial charge >= 0.3 is 10.4 Å². The van der Waals surface area contributed by atoms with Crippen molar-refractivity contribution in [2.75, 3.05) is 6.54 Å². The second-order valence-electron chi connectivity index (χ2n) is 2.65. The Morgan fingerprint density at radius 1 is 1.23 bits per heavy atom. The maximum absolute atomic E-state index is 11.8. The number of hydrogen-bond donors (Lipinski definition) is 1. The van der Waals surface area contributed by atoms with Crippen molar-refractivity contribution in [1.82, 2.24) is 4.72 Å². The van der Waals surface area contributed by atoms with Gasteiger partial charge in [-0.1, -0.05) is 16.7 Å². The van der Waals surface area contributed by atoms with Crippen LogP contribution in [0.1, 0.15) is 32.1 Å². The SMILES string of the molecule is N#CCCCCCCNS(=O)(=O)F. The van der Waals surface area contributed by atoms with Crippen LogP contribution < -0.4 is 4.72 Å². The number of nitriles is 1. The first-order valence-corrected chi connectivity index (χ1v) is 5.51. The van der Waals surface area contributed by atoms with Crippen molar-refractivity contribution in [2.45, 2.75) is 32.1 Å². The molecule has 1 N–H and O–H groups in total. The average molecular weight is 208 g/mol. The third-order valence-corrected chi connectivity index (χ3v) is 2.04. The number of hydrogen-bond acceptors (Lipinski definition) is 3. The molecule has 0 radical (unpaired) electrons. The monoisotopic (exact) mass is 208 g/mol. The highest BCUT2D eigenvalue weighted by atomic mass is 32.3. The predicted molar refractivity (Wildman–Crippen MR) is 46.7 cm³/mol. The molecule has 0 amide bonds. The molecule has 0 aromatic heterocycles. The lowest BCUT2D eigenvalue weighted by Gasteiger charge is -1.98. The molecule has 0 rings (SSSR count). The first-order chi connectivity index (χ1) is 6.06. The maximum atomic E-state index is 11.8. The molecule has 0 saturated carbocycles. The minimum absolute atomic E-state index is 0.130. The third kappa shape index (κ3) is 11.3. The van der Waals surface area contributed by atoms with Gasteiger partial charge in [0.1, 0.15) is 0 Å². The van der Waals surface area contributed by atoms with Crippen molar-refractivity contribution >= 4 is 10.4 Å². The van der Waals surface area contributed by atoms with Crippen LogP contribution in [0.2, 0.25) is 0 Å². The average Bonchev–Trinajstić information content (AvgIpc) is 2.01. The molecule has 0 aliphatic carbocycles. The van der Waals surface area contributed by atoms with Crippen LogP contribution in [-0.2, 0) is 10.4 Å². The van der Waals surface area contributed by atoms with Crippen molar-refractivity contribution in [3.8, 4) is 6.07 Å². The minimum Gasteiger partial charge on any atom is -0.198 e. The summed E-state index contributed by atoms with van der Waals surface area (Å²) < 4.78 is 33.5. The van der Waals surface area contributed by atoms with Gasteiger partial charge < -0.3 is 0 Å². The fourth-order valence-electron chi connectivity index (χ4n) is 0.877. The van der Waals surface area contributed by atoms with Crippen LogP contribution in [0, 0.1) is 11.3 Å². The molecule has 0 bridgehead atoms. The van der Waals surface area contributed by atoms with Gasteiger partial charge in [0.05, 0.1) is 6.07 Å². The molecule has 0 aromatic carbocycles. The van der Waals surface area contributed by atoms with Crippen LogP contribution in [0.15, 0.2) is 0 Å². The number of nitrogens with one attached hydrogen (secondary N) is 1. The summed E-state index contributed by atoms with van der Waals surface area (Å²) in [6.07, 6.45) is 3.63. The normalized spacial score (nSPS) is 11.1. The molecule has 6 heteroatoms. The number of unbranched alkanes of at least 4 members (excludes halogenated alkanes) is 4. The van der Waals surface area contributed by atoms with E-state index >= 15 is 0 Å². The van der Waals surface area contributed by atoms with Crippen LogP contribution >= 0.6 is 0 Å². The number of nitrogens with zero attached hydrogens (tertiary/aromatic N) is 1. The van der Waals surface area contributed by atoms with E-state index < -0.39 is 10.4 Å². The summed E-state index contributed by atoms with van der Waals surface area (Å²) in [6, 6.07) is 2.01. The Morgan fingerprint density at radius 3 is 2.38 bits per heavy atom. The molecule has 4 nitrogen and oxygen atoms in total. The van der Waals surface area contributed by atoms with Gasteiger partial charge in [0.25, 0.3) is 0 Å². The lowest BCUT2D eigenvalue weighted by atomic mass is 10.1. The summed E-state index contributed by atoms with van der Waals surface area (Å²) in [5.74, 6) is 0. The lowest BCUT2D eigenvalue weighted by molar-refractivity contribution is 0.530. The van der Waals surface area contributed by atoms with Gasteiger partial charge in [-0.25, -0.2) is 0 Å². The number of rotatable bonds is 7. The second-order valence-corrected chi connectivity index (χ2v) is 3.82. The van der Waals surface area contributed by atoms with E-state index in [0.29, 0.717) is 12.8 Å². The minimum atomic E-state index is -4.52. The fourth-order valence-corrected chi connectivity index (χ4v) is 1.26. The Balaban J connectivity index is 3.14. The van der Waals surface area contributed by atoms with Gasteiger partial charge in [0.15, 0.2) is 0 Å². The van der Waals surface area contributed by atoms with Crippen LogP contribution in [0.5, 0.6) is 0 Å². The van der Waals surface area contributed by atoms with Crippen molar-refractivity contribution in [3.05, 3.63) is 0 Å². The molecular weight excluding hydrogens is 195 g/mol. The summed E-state index contributed by atoms with van der Waals surface area (Å²) in [6.45, 7) is 0.130. The zero-order chi connectivity index (χ0) is 10.2. The molecule has 0 aliphatic heterocycles. The van der Waals surface area contributed by atoms with Crippen molar-refractivity contribution < 1.29 is 12.3 Å². The highest BCUT2D eigenvalue weighted by Crippen LogP contribution is 2.01. The van der Waals surface area contributed by atoms with E-state index in [1.807, 2.05) is 6.07 Å². The fraction of sp³-hybridized carbons (Fsp3) is 0.857. The van der Waals surface area contributed by atoms with Gasteiger partial charge in [-0.3, -0.25) is 0 Å². The molecule has 0 unspecified atom stereocenters. The van der Waals surface area contributed by atoms with E-state index in [9.17, 15) is 12.3 Å². The smallest absolute Gasteiger partial charge is 0.198 e. The lowest BCUT2D eigenvalue weighted by Crippen LogP contribution is -2.19. The largest absolute Gasteiger partial charge is 0.372 e. The van der Waals surface area contributed by atoms with E-state index in [2.05, 4.69) is 0 Å². The van der Waals surface area contributed by atoms with E-state index in [1.165, 1.54) is 0 Å². The van der Waals surface area contributed by atoms with Crippen molar-refractivity contribution in [1.29, 1.82) is 5.26 Å². The van der Waals surface area contributed by atoms with E-state index in [1.54, 1.807) is 4.72 Å². The van der Waals surface area contributed by atoms with Crippen LogP contribution in [0.4, 0.5) is 3.89 Å². The zero-order valence-electron chi connectivity index (χ0n) is 7.29. The summed E-state index contributed by atoms with van der Waals surface area (Å²) >= 11 is 0. The van der Waals surface area contributed by atoms with Gasteiger partial charge in [0, 0.05) is 13.0 Å². The van der Waals surface area contributed by atoms with Gasteiger partial charge in [0.2, 0.25) is 0 Å². The second kappa shape index (κ2) is 6.80. The molecule has 76 valence electrons. The summed E-state index contributed by atoms with van der Waals surface area (Å²) in [5, 5.41) is 8.18. The van der Waals surface area contributed by atoms with Crippen LogP contribution in [0.25, 0.3) is 0 Å². The highest BCUT2D eigenvalue weighted by Gasteiger charge is 2.02. The third-order valence-electron chi connectivity index (χ3n) is 1.49. The quantitative estimate of drug-likeness (QED) is 0.506. The molecule has 0 saturated heterocycles. The Morgan fingerprint density at radius 2 is 1.85 bits per heavy atom. The van der Waals surface area contributed by atoms with Crippen LogP contribution in [0.3, 0.4) is 0 Å². The maximum Gasteiger partial charge on any atom is 0.372 e. The Hall–Kier alpha value is -0.670. The van der Waals surface area contributed by atoms with Crippen molar-refractivity contribution in [2.24, 2.45) is 0 Å². The summed E-state index contributed by atoms with van der Waals surface area (Å²) in [7, 11) is -4.52.